The maximum Gasteiger partial charge on any atom is 0.264 e. The number of hydrogen-bond donors (Lipinski definition) is 0. The molecule has 1 aliphatic heterocycles. The summed E-state index contributed by atoms with van der Waals surface area (Å²) < 4.78 is 33.9. The molecule has 1 heterocycles. The van der Waals surface area contributed by atoms with E-state index >= 15 is 0 Å². The summed E-state index contributed by atoms with van der Waals surface area (Å²) in [5.74, 6) is 0.920. The molecular weight excluding hydrogens is 334 g/mol. The second-order valence-electron chi connectivity index (χ2n) is 6.82. The van der Waals surface area contributed by atoms with E-state index < -0.39 is 10.0 Å². The van der Waals surface area contributed by atoms with Gasteiger partial charge in [0.05, 0.1) is 17.7 Å². The van der Waals surface area contributed by atoms with Gasteiger partial charge >= 0.3 is 0 Å². The maximum atomic E-state index is 13.4. The SMILES string of the molecule is COc1cc(C)c(S(=O)(=O)N2CCCc3ccccc32)cc1C(C)C. The molecule has 0 bridgehead atoms. The van der Waals surface area contributed by atoms with E-state index in [1.165, 1.54) is 0 Å². The Morgan fingerprint density at radius 3 is 2.56 bits per heavy atom. The molecule has 0 N–H and O–H groups in total. The van der Waals surface area contributed by atoms with Crippen molar-refractivity contribution in [3.8, 4) is 5.75 Å². The molecule has 0 saturated heterocycles. The van der Waals surface area contributed by atoms with Gasteiger partial charge in [0.1, 0.15) is 5.75 Å². The predicted molar refractivity (Wildman–Crippen MR) is 101 cm³/mol. The first-order chi connectivity index (χ1) is 11.9. The van der Waals surface area contributed by atoms with Gasteiger partial charge in [-0.1, -0.05) is 32.0 Å². The number of rotatable bonds is 4. The van der Waals surface area contributed by atoms with Crippen molar-refractivity contribution < 1.29 is 13.2 Å². The van der Waals surface area contributed by atoms with Crippen LogP contribution in [0.15, 0.2) is 41.3 Å². The molecule has 3 rings (SSSR count). The molecule has 1 aliphatic rings. The Hall–Kier alpha value is -2.01. The first-order valence-electron chi connectivity index (χ1n) is 8.65. The van der Waals surface area contributed by atoms with Gasteiger partial charge in [-0.15, -0.1) is 0 Å². The van der Waals surface area contributed by atoms with Crippen LogP contribution in [0, 0.1) is 6.92 Å². The first-order valence-corrected chi connectivity index (χ1v) is 10.1. The monoisotopic (exact) mass is 359 g/mol. The minimum Gasteiger partial charge on any atom is -0.496 e. The van der Waals surface area contributed by atoms with Crippen molar-refractivity contribution in [2.45, 2.75) is 44.4 Å². The van der Waals surface area contributed by atoms with E-state index in [1.54, 1.807) is 17.5 Å². The van der Waals surface area contributed by atoms with Crippen molar-refractivity contribution in [3.05, 3.63) is 53.1 Å². The number of fused-ring (bicyclic) bond motifs is 1. The van der Waals surface area contributed by atoms with Gasteiger partial charge in [0.2, 0.25) is 0 Å². The van der Waals surface area contributed by atoms with E-state index in [4.69, 9.17) is 4.74 Å². The Morgan fingerprint density at radius 1 is 1.16 bits per heavy atom. The Bertz CT molecular complexity index is 888. The molecule has 0 saturated carbocycles. The van der Waals surface area contributed by atoms with E-state index in [0.29, 0.717) is 17.0 Å². The molecule has 0 aromatic heterocycles. The third-order valence-corrected chi connectivity index (χ3v) is 6.74. The molecule has 0 unspecified atom stereocenters. The average molecular weight is 359 g/mol. The molecular formula is C20H25NO3S. The zero-order chi connectivity index (χ0) is 18.2. The molecule has 2 aromatic carbocycles. The molecule has 0 atom stereocenters. The lowest BCUT2D eigenvalue weighted by Gasteiger charge is -2.31. The second-order valence-corrected chi connectivity index (χ2v) is 8.65. The van der Waals surface area contributed by atoms with Crippen LogP contribution >= 0.6 is 0 Å². The van der Waals surface area contributed by atoms with Crippen LogP contribution in [0.4, 0.5) is 5.69 Å². The van der Waals surface area contributed by atoms with Gasteiger partial charge in [0.15, 0.2) is 0 Å². The van der Waals surface area contributed by atoms with Crippen molar-refractivity contribution >= 4 is 15.7 Å². The van der Waals surface area contributed by atoms with Crippen molar-refractivity contribution in [1.82, 2.24) is 0 Å². The van der Waals surface area contributed by atoms with Gasteiger partial charge in [-0.05, 0) is 60.6 Å². The van der Waals surface area contributed by atoms with Gasteiger partial charge in [-0.25, -0.2) is 8.42 Å². The normalized spacial score (nSPS) is 14.5. The average Bonchev–Trinajstić information content (AvgIpc) is 2.60. The topological polar surface area (TPSA) is 46.6 Å². The highest BCUT2D eigenvalue weighted by Crippen LogP contribution is 2.36. The number of aryl methyl sites for hydroxylation is 2. The minimum absolute atomic E-state index is 0.179. The highest BCUT2D eigenvalue weighted by Gasteiger charge is 2.31. The summed E-state index contributed by atoms with van der Waals surface area (Å²) in [4.78, 5) is 0.369. The molecule has 0 fully saturated rings. The number of anilines is 1. The van der Waals surface area contributed by atoms with Gasteiger partial charge < -0.3 is 4.74 Å². The maximum absolute atomic E-state index is 13.4. The molecule has 0 amide bonds. The van der Waals surface area contributed by atoms with Crippen LogP contribution in [0.1, 0.15) is 42.9 Å². The summed E-state index contributed by atoms with van der Waals surface area (Å²) in [7, 11) is -1.99. The smallest absolute Gasteiger partial charge is 0.264 e. The quantitative estimate of drug-likeness (QED) is 0.819. The Balaban J connectivity index is 2.15. The van der Waals surface area contributed by atoms with Gasteiger partial charge in [-0.2, -0.15) is 0 Å². The number of sulfonamides is 1. The lowest BCUT2D eigenvalue weighted by Crippen LogP contribution is -2.35. The Morgan fingerprint density at radius 2 is 1.88 bits per heavy atom. The van der Waals surface area contributed by atoms with E-state index in [-0.39, 0.29) is 5.92 Å². The van der Waals surface area contributed by atoms with E-state index in [1.807, 2.05) is 51.1 Å². The zero-order valence-electron chi connectivity index (χ0n) is 15.2. The molecule has 0 radical (unpaired) electrons. The zero-order valence-corrected chi connectivity index (χ0v) is 16.1. The third-order valence-electron chi connectivity index (χ3n) is 4.78. The summed E-state index contributed by atoms with van der Waals surface area (Å²) in [6, 6.07) is 11.4. The van der Waals surface area contributed by atoms with Crippen LogP contribution in [0.3, 0.4) is 0 Å². The second kappa shape index (κ2) is 6.71. The summed E-state index contributed by atoms with van der Waals surface area (Å²) in [5.41, 5.74) is 3.52. The largest absolute Gasteiger partial charge is 0.496 e. The molecule has 0 spiro atoms. The molecule has 25 heavy (non-hydrogen) atoms. The Labute approximate surface area is 150 Å². The Kier molecular flexibility index (Phi) is 4.78. The fourth-order valence-electron chi connectivity index (χ4n) is 3.45. The number of ether oxygens (including phenoxy) is 1. The van der Waals surface area contributed by atoms with Crippen LogP contribution in [-0.2, 0) is 16.4 Å². The van der Waals surface area contributed by atoms with Crippen molar-refractivity contribution in [2.75, 3.05) is 18.0 Å². The summed E-state index contributed by atoms with van der Waals surface area (Å²) in [5, 5.41) is 0. The van der Waals surface area contributed by atoms with E-state index in [0.717, 1.165) is 35.4 Å². The molecule has 2 aromatic rings. The van der Waals surface area contributed by atoms with Crippen molar-refractivity contribution in [1.29, 1.82) is 0 Å². The molecule has 4 nitrogen and oxygen atoms in total. The van der Waals surface area contributed by atoms with Crippen LogP contribution < -0.4 is 9.04 Å². The van der Waals surface area contributed by atoms with Crippen LogP contribution in [0.2, 0.25) is 0 Å². The number of para-hydroxylation sites is 1. The highest BCUT2D eigenvalue weighted by molar-refractivity contribution is 7.92. The van der Waals surface area contributed by atoms with E-state index in [2.05, 4.69) is 0 Å². The molecule has 5 heteroatoms. The lowest BCUT2D eigenvalue weighted by atomic mass is 10.0. The van der Waals surface area contributed by atoms with Crippen LogP contribution in [0.25, 0.3) is 0 Å². The van der Waals surface area contributed by atoms with Crippen molar-refractivity contribution in [2.24, 2.45) is 0 Å². The lowest BCUT2D eigenvalue weighted by molar-refractivity contribution is 0.406. The molecule has 0 aliphatic carbocycles. The predicted octanol–water partition coefficient (Wildman–Crippen LogP) is 4.27. The summed E-state index contributed by atoms with van der Waals surface area (Å²) in [6.07, 6.45) is 1.75. The van der Waals surface area contributed by atoms with E-state index in [9.17, 15) is 8.42 Å². The first kappa shape index (κ1) is 17.8. The minimum atomic E-state index is -3.61. The fourth-order valence-corrected chi connectivity index (χ4v) is 5.24. The highest BCUT2D eigenvalue weighted by atomic mass is 32.2. The van der Waals surface area contributed by atoms with Gasteiger partial charge in [-0.3, -0.25) is 4.31 Å². The van der Waals surface area contributed by atoms with Gasteiger partial charge in [0.25, 0.3) is 10.0 Å². The third kappa shape index (κ3) is 3.13. The number of benzene rings is 2. The summed E-state index contributed by atoms with van der Waals surface area (Å²) in [6.45, 7) is 6.43. The van der Waals surface area contributed by atoms with Crippen LogP contribution in [0.5, 0.6) is 5.75 Å². The fraction of sp³-hybridized carbons (Fsp3) is 0.400. The van der Waals surface area contributed by atoms with Crippen LogP contribution in [-0.4, -0.2) is 22.1 Å². The number of nitrogens with zero attached hydrogens (tertiary/aromatic N) is 1. The standard InChI is InChI=1S/C20H25NO3S/c1-14(2)17-13-20(15(3)12-19(17)24-4)25(22,23)21-11-7-9-16-8-5-6-10-18(16)21/h5-6,8,10,12-14H,7,9,11H2,1-4H3. The summed E-state index contributed by atoms with van der Waals surface area (Å²) >= 11 is 0. The van der Waals surface area contributed by atoms with Crippen molar-refractivity contribution in [3.63, 3.8) is 0 Å². The number of methoxy groups -OCH3 is 1. The van der Waals surface area contributed by atoms with Gasteiger partial charge in [0, 0.05) is 6.54 Å². The molecule has 134 valence electrons. The number of hydrogen-bond acceptors (Lipinski definition) is 3.